The summed E-state index contributed by atoms with van der Waals surface area (Å²) in [7, 11) is 0. The first kappa shape index (κ1) is 8.20. The monoisotopic (exact) mass is 175 g/mol. The molecule has 1 aromatic heterocycles. The molecule has 0 saturated carbocycles. The number of aromatic nitrogens is 2. The Balaban J connectivity index is 2.56. The average Bonchev–Trinajstić information content (AvgIpc) is 2.01. The van der Waals surface area contributed by atoms with Gasteiger partial charge in [-0.2, -0.15) is 5.10 Å². The van der Waals surface area contributed by atoms with Crippen molar-refractivity contribution in [3.63, 3.8) is 0 Å². The summed E-state index contributed by atoms with van der Waals surface area (Å²) in [4.78, 5) is 0. The summed E-state index contributed by atoms with van der Waals surface area (Å²) in [5.74, 6) is 0. The molecule has 1 heterocycles. The molecule has 0 saturated heterocycles. The van der Waals surface area contributed by atoms with E-state index in [0.717, 1.165) is 0 Å². The van der Waals surface area contributed by atoms with E-state index >= 15 is 0 Å². The maximum absolute atomic E-state index is 11.6. The summed E-state index contributed by atoms with van der Waals surface area (Å²) in [6, 6.07) is 1.59. The fourth-order valence-electron chi connectivity index (χ4n) is 0.629. The van der Waals surface area contributed by atoms with E-state index in [4.69, 9.17) is 11.6 Å². The van der Waals surface area contributed by atoms with Crippen molar-refractivity contribution in [2.75, 3.05) is 18.5 Å². The zero-order chi connectivity index (χ0) is 8.10. The Morgan fingerprint density at radius 1 is 1.64 bits per heavy atom. The smallest absolute Gasteiger partial charge is 0.153 e. The molecule has 0 aliphatic carbocycles. The van der Waals surface area contributed by atoms with Crippen molar-refractivity contribution in [3.8, 4) is 0 Å². The second-order valence-electron chi connectivity index (χ2n) is 1.88. The van der Waals surface area contributed by atoms with Gasteiger partial charge in [-0.15, -0.1) is 5.10 Å². The van der Waals surface area contributed by atoms with Crippen LogP contribution >= 0.6 is 11.6 Å². The summed E-state index contributed by atoms with van der Waals surface area (Å²) in [6.45, 7) is -0.151. The largest absolute Gasteiger partial charge is 0.381 e. The van der Waals surface area contributed by atoms with Crippen molar-refractivity contribution in [2.24, 2.45) is 0 Å². The molecule has 11 heavy (non-hydrogen) atoms. The number of rotatable bonds is 3. The molecule has 5 heteroatoms. The molecule has 0 aliphatic heterocycles. The van der Waals surface area contributed by atoms with Gasteiger partial charge < -0.3 is 5.32 Å². The Labute approximate surface area is 68.6 Å². The van der Waals surface area contributed by atoms with Gasteiger partial charge in [0.2, 0.25) is 0 Å². The highest BCUT2D eigenvalue weighted by Crippen LogP contribution is 2.09. The molecule has 0 amide bonds. The van der Waals surface area contributed by atoms with Gasteiger partial charge in [-0.05, 0) is 0 Å². The van der Waals surface area contributed by atoms with Crippen LogP contribution in [0.15, 0.2) is 12.3 Å². The van der Waals surface area contributed by atoms with Gasteiger partial charge in [0.15, 0.2) is 5.15 Å². The maximum atomic E-state index is 11.6. The normalized spacial score (nSPS) is 9.64. The van der Waals surface area contributed by atoms with E-state index in [9.17, 15) is 4.39 Å². The molecular weight excluding hydrogens is 169 g/mol. The SMILES string of the molecule is FCCNc1cnnc(Cl)c1. The first-order valence-electron chi connectivity index (χ1n) is 3.11. The van der Waals surface area contributed by atoms with Crippen LogP contribution in [0.5, 0.6) is 0 Å². The molecule has 1 aromatic rings. The van der Waals surface area contributed by atoms with Gasteiger partial charge in [0.05, 0.1) is 11.9 Å². The number of hydrogen-bond donors (Lipinski definition) is 1. The third-order valence-electron chi connectivity index (χ3n) is 1.05. The van der Waals surface area contributed by atoms with Gasteiger partial charge in [0.25, 0.3) is 0 Å². The fourth-order valence-corrected chi connectivity index (χ4v) is 0.790. The minimum atomic E-state index is -0.417. The van der Waals surface area contributed by atoms with Crippen LogP contribution in [0, 0.1) is 0 Å². The van der Waals surface area contributed by atoms with Gasteiger partial charge >= 0.3 is 0 Å². The van der Waals surface area contributed by atoms with E-state index in [2.05, 4.69) is 15.5 Å². The Kier molecular flexibility index (Phi) is 3.04. The van der Waals surface area contributed by atoms with Crippen LogP contribution in [0.25, 0.3) is 0 Å². The van der Waals surface area contributed by atoms with E-state index < -0.39 is 6.67 Å². The van der Waals surface area contributed by atoms with Crippen LogP contribution < -0.4 is 5.32 Å². The predicted octanol–water partition coefficient (Wildman–Crippen LogP) is 1.51. The zero-order valence-electron chi connectivity index (χ0n) is 5.72. The summed E-state index contributed by atoms with van der Waals surface area (Å²) in [6.07, 6.45) is 1.49. The van der Waals surface area contributed by atoms with Crippen LogP contribution in [0.4, 0.5) is 10.1 Å². The Bertz CT molecular complexity index is 231. The van der Waals surface area contributed by atoms with Crippen molar-refractivity contribution in [1.82, 2.24) is 10.2 Å². The van der Waals surface area contributed by atoms with Crippen LogP contribution in [-0.4, -0.2) is 23.4 Å². The second-order valence-corrected chi connectivity index (χ2v) is 2.27. The van der Waals surface area contributed by atoms with Crippen LogP contribution in [-0.2, 0) is 0 Å². The van der Waals surface area contributed by atoms with Crippen molar-refractivity contribution < 1.29 is 4.39 Å². The third-order valence-corrected chi connectivity index (χ3v) is 1.23. The molecule has 1 rings (SSSR count). The summed E-state index contributed by atoms with van der Waals surface area (Å²) < 4.78 is 11.6. The van der Waals surface area contributed by atoms with Gasteiger partial charge in [-0.25, -0.2) is 4.39 Å². The van der Waals surface area contributed by atoms with Crippen molar-refractivity contribution in [2.45, 2.75) is 0 Å². The zero-order valence-corrected chi connectivity index (χ0v) is 6.48. The Morgan fingerprint density at radius 3 is 3.09 bits per heavy atom. The van der Waals surface area contributed by atoms with E-state index in [1.54, 1.807) is 6.07 Å². The standard InChI is InChI=1S/C6H7ClFN3/c7-6-3-5(4-10-11-6)9-2-1-8/h3-4H,1-2H2,(H,9,11). The van der Waals surface area contributed by atoms with E-state index in [0.29, 0.717) is 10.8 Å². The van der Waals surface area contributed by atoms with Gasteiger partial charge in [0.1, 0.15) is 6.67 Å². The molecule has 60 valence electrons. The summed E-state index contributed by atoms with van der Waals surface area (Å²) in [5, 5.41) is 10.2. The topological polar surface area (TPSA) is 37.8 Å². The number of halogens is 2. The minimum Gasteiger partial charge on any atom is -0.381 e. The highest BCUT2D eigenvalue weighted by Gasteiger charge is 1.93. The number of nitrogens with zero attached hydrogens (tertiary/aromatic N) is 2. The molecule has 1 N–H and O–H groups in total. The highest BCUT2D eigenvalue weighted by atomic mass is 35.5. The molecule has 0 aliphatic rings. The maximum Gasteiger partial charge on any atom is 0.153 e. The quantitative estimate of drug-likeness (QED) is 0.757. The molecule has 0 atom stereocenters. The van der Waals surface area contributed by atoms with Crippen LogP contribution in [0.3, 0.4) is 0 Å². The number of anilines is 1. The molecule has 3 nitrogen and oxygen atoms in total. The molecule has 0 fully saturated rings. The lowest BCUT2D eigenvalue weighted by Gasteiger charge is -2.00. The van der Waals surface area contributed by atoms with Crippen LogP contribution in [0.2, 0.25) is 5.15 Å². The van der Waals surface area contributed by atoms with E-state index in [-0.39, 0.29) is 6.54 Å². The lowest BCUT2D eigenvalue weighted by atomic mass is 10.5. The van der Waals surface area contributed by atoms with Gasteiger partial charge in [-0.3, -0.25) is 0 Å². The fraction of sp³-hybridized carbons (Fsp3) is 0.333. The number of alkyl halides is 1. The third kappa shape index (κ3) is 2.67. The summed E-state index contributed by atoms with van der Waals surface area (Å²) >= 11 is 5.52. The first-order chi connectivity index (χ1) is 5.33. The lowest BCUT2D eigenvalue weighted by molar-refractivity contribution is 0.512. The van der Waals surface area contributed by atoms with Gasteiger partial charge in [0, 0.05) is 12.6 Å². The Hall–Kier alpha value is -0.900. The minimum absolute atomic E-state index is 0.266. The average molecular weight is 176 g/mol. The van der Waals surface area contributed by atoms with E-state index in [1.807, 2.05) is 0 Å². The molecule has 0 radical (unpaired) electrons. The number of nitrogens with one attached hydrogen (secondary N) is 1. The van der Waals surface area contributed by atoms with Gasteiger partial charge in [-0.1, -0.05) is 11.6 Å². The second kappa shape index (κ2) is 4.08. The lowest BCUT2D eigenvalue weighted by Crippen LogP contribution is -2.03. The Morgan fingerprint density at radius 2 is 2.45 bits per heavy atom. The summed E-state index contributed by atoms with van der Waals surface area (Å²) in [5.41, 5.74) is 0.683. The van der Waals surface area contributed by atoms with Crippen molar-refractivity contribution in [1.29, 1.82) is 0 Å². The van der Waals surface area contributed by atoms with Crippen LogP contribution in [0.1, 0.15) is 0 Å². The predicted molar refractivity (Wildman–Crippen MR) is 41.5 cm³/mol. The van der Waals surface area contributed by atoms with Crippen molar-refractivity contribution in [3.05, 3.63) is 17.4 Å². The molecular formula is C6H7ClFN3. The highest BCUT2D eigenvalue weighted by molar-refractivity contribution is 6.29. The van der Waals surface area contributed by atoms with E-state index in [1.165, 1.54) is 6.20 Å². The molecule has 0 spiro atoms. The number of hydrogen-bond acceptors (Lipinski definition) is 3. The van der Waals surface area contributed by atoms with Crippen molar-refractivity contribution >= 4 is 17.3 Å². The first-order valence-corrected chi connectivity index (χ1v) is 3.49. The molecule has 0 bridgehead atoms. The molecule has 0 aromatic carbocycles. The molecule has 0 unspecified atom stereocenters.